The standard InChI is InChI=1S/C28H54O3.Na.H/c1-3-5-7-9-11-13-14-15-16-18-20-22-24-26-28(30)31-27(29)25-23-21-19-17-12-10-8-6-4-2;;/h3-26H2,1-2H3;;/q;+1;-1. The van der Waals surface area contributed by atoms with Crippen LogP contribution in [0, 0.1) is 0 Å². The predicted octanol–water partition coefficient (Wildman–Crippen LogP) is 6.57. The predicted molar refractivity (Wildman–Crippen MR) is 134 cm³/mol. The third-order valence-electron chi connectivity index (χ3n) is 6.20. The Labute approximate surface area is 224 Å². The summed E-state index contributed by atoms with van der Waals surface area (Å²) in [5.74, 6) is -0.661. The van der Waals surface area contributed by atoms with E-state index in [2.05, 4.69) is 13.8 Å². The van der Waals surface area contributed by atoms with Crippen LogP contribution >= 0.6 is 0 Å². The summed E-state index contributed by atoms with van der Waals surface area (Å²) in [6, 6.07) is 0. The van der Waals surface area contributed by atoms with Crippen molar-refractivity contribution in [2.24, 2.45) is 0 Å². The third kappa shape index (κ3) is 28.2. The van der Waals surface area contributed by atoms with Crippen molar-refractivity contribution in [2.45, 2.75) is 168 Å². The van der Waals surface area contributed by atoms with Gasteiger partial charge in [-0.05, 0) is 12.8 Å². The van der Waals surface area contributed by atoms with E-state index in [0.717, 1.165) is 25.7 Å². The summed E-state index contributed by atoms with van der Waals surface area (Å²) in [5.41, 5.74) is 0. The Morgan fingerprint density at radius 2 is 0.656 bits per heavy atom. The van der Waals surface area contributed by atoms with Gasteiger partial charge < -0.3 is 6.16 Å². The molecule has 0 rings (SSSR count). The maximum Gasteiger partial charge on any atom is 1.00 e. The van der Waals surface area contributed by atoms with Crippen LogP contribution in [0.3, 0.4) is 0 Å². The van der Waals surface area contributed by atoms with Gasteiger partial charge in [0, 0.05) is 12.8 Å². The molecule has 0 aromatic rings. The second kappa shape index (κ2) is 29.2. The molecule has 0 aliphatic heterocycles. The number of carbonyl (C=O) groups is 2. The normalized spacial score (nSPS) is 10.7. The van der Waals surface area contributed by atoms with E-state index in [0.29, 0.717) is 12.8 Å². The molecule has 0 heterocycles. The van der Waals surface area contributed by atoms with Crippen LogP contribution in [0.15, 0.2) is 0 Å². The Bertz CT molecular complexity index is 405. The number of carbonyl (C=O) groups excluding carboxylic acids is 2. The van der Waals surface area contributed by atoms with E-state index in [1.54, 1.807) is 0 Å². The first-order chi connectivity index (χ1) is 15.2. The molecule has 0 aromatic heterocycles. The molecule has 32 heavy (non-hydrogen) atoms. The van der Waals surface area contributed by atoms with Crippen molar-refractivity contribution in [3.05, 3.63) is 0 Å². The molecule has 0 aliphatic carbocycles. The number of ether oxygens (including phenoxy) is 1. The van der Waals surface area contributed by atoms with Crippen LogP contribution in [0.2, 0.25) is 0 Å². The van der Waals surface area contributed by atoms with E-state index in [4.69, 9.17) is 4.74 Å². The van der Waals surface area contributed by atoms with Crippen LogP contribution in [0.5, 0.6) is 0 Å². The minimum Gasteiger partial charge on any atom is -1.00 e. The van der Waals surface area contributed by atoms with Gasteiger partial charge in [-0.15, -0.1) is 0 Å². The summed E-state index contributed by atoms with van der Waals surface area (Å²) in [6.45, 7) is 4.50. The fourth-order valence-corrected chi connectivity index (χ4v) is 4.10. The van der Waals surface area contributed by atoms with Crippen molar-refractivity contribution < 1.29 is 45.3 Å². The van der Waals surface area contributed by atoms with Gasteiger partial charge in [0.05, 0.1) is 0 Å². The molecule has 0 radical (unpaired) electrons. The second-order valence-electron chi connectivity index (χ2n) is 9.42. The van der Waals surface area contributed by atoms with Gasteiger partial charge >= 0.3 is 41.5 Å². The van der Waals surface area contributed by atoms with E-state index >= 15 is 0 Å². The van der Waals surface area contributed by atoms with Crippen LogP contribution in [-0.2, 0) is 14.3 Å². The first kappa shape index (κ1) is 34.3. The summed E-state index contributed by atoms with van der Waals surface area (Å²) in [4.78, 5) is 23.5. The van der Waals surface area contributed by atoms with Crippen LogP contribution in [0.1, 0.15) is 169 Å². The van der Waals surface area contributed by atoms with E-state index in [-0.39, 0.29) is 42.9 Å². The summed E-state index contributed by atoms with van der Waals surface area (Å²) in [5, 5.41) is 0. The van der Waals surface area contributed by atoms with E-state index < -0.39 is 0 Å². The molecular weight excluding hydrogens is 407 g/mol. The van der Waals surface area contributed by atoms with Crippen LogP contribution in [-0.4, -0.2) is 11.9 Å². The fourth-order valence-electron chi connectivity index (χ4n) is 4.10. The molecule has 0 spiro atoms. The molecule has 3 nitrogen and oxygen atoms in total. The Hall–Kier alpha value is 0.140. The fraction of sp³-hybridized carbons (Fsp3) is 0.929. The molecule has 0 saturated carbocycles. The molecule has 0 unspecified atom stereocenters. The quantitative estimate of drug-likeness (QED) is 0.0704. The average Bonchev–Trinajstić information content (AvgIpc) is 2.75. The van der Waals surface area contributed by atoms with Crippen molar-refractivity contribution in [3.63, 3.8) is 0 Å². The number of esters is 2. The zero-order valence-corrected chi connectivity index (χ0v) is 24.2. The zero-order valence-electron chi connectivity index (χ0n) is 23.2. The van der Waals surface area contributed by atoms with Gasteiger partial charge in [0.1, 0.15) is 0 Å². The summed E-state index contributed by atoms with van der Waals surface area (Å²) in [7, 11) is 0. The number of rotatable bonds is 24. The van der Waals surface area contributed by atoms with Gasteiger partial charge in [-0.3, -0.25) is 9.59 Å². The SMILES string of the molecule is CCCCCCCCCCCCCCCC(=O)OC(=O)CCCCCCCCCCC.[H-].[Na+]. The van der Waals surface area contributed by atoms with Crippen molar-refractivity contribution in [1.29, 1.82) is 0 Å². The van der Waals surface area contributed by atoms with Crippen molar-refractivity contribution in [2.75, 3.05) is 0 Å². The topological polar surface area (TPSA) is 43.4 Å². The molecule has 0 bridgehead atoms. The first-order valence-electron chi connectivity index (χ1n) is 13.9. The average molecular weight is 463 g/mol. The van der Waals surface area contributed by atoms with Gasteiger partial charge in [-0.25, -0.2) is 0 Å². The molecule has 0 atom stereocenters. The third-order valence-corrected chi connectivity index (χ3v) is 6.20. The van der Waals surface area contributed by atoms with Gasteiger partial charge in [0.25, 0.3) is 0 Å². The van der Waals surface area contributed by atoms with Crippen LogP contribution in [0.25, 0.3) is 0 Å². The molecule has 0 saturated heterocycles. The maximum atomic E-state index is 11.8. The largest absolute Gasteiger partial charge is 1.00 e. The molecule has 186 valence electrons. The Morgan fingerprint density at radius 1 is 0.438 bits per heavy atom. The molecule has 0 N–H and O–H groups in total. The van der Waals surface area contributed by atoms with Crippen molar-refractivity contribution >= 4 is 11.9 Å². The van der Waals surface area contributed by atoms with Gasteiger partial charge in [-0.2, -0.15) is 0 Å². The molecule has 0 aromatic carbocycles. The summed E-state index contributed by atoms with van der Waals surface area (Å²) in [6.07, 6.45) is 28.5. The molecule has 0 amide bonds. The van der Waals surface area contributed by atoms with E-state index in [9.17, 15) is 9.59 Å². The van der Waals surface area contributed by atoms with Crippen LogP contribution < -0.4 is 29.6 Å². The Kier molecular flexibility index (Phi) is 31.3. The maximum absolute atomic E-state index is 11.8. The molecule has 0 fully saturated rings. The Balaban J connectivity index is -0.00000450. The smallest absolute Gasteiger partial charge is 1.00 e. The van der Waals surface area contributed by atoms with Crippen LogP contribution in [0.4, 0.5) is 0 Å². The van der Waals surface area contributed by atoms with Crippen molar-refractivity contribution in [3.8, 4) is 0 Å². The molecular formula is C28H55NaO3. The monoisotopic (exact) mass is 462 g/mol. The second-order valence-corrected chi connectivity index (χ2v) is 9.42. The van der Waals surface area contributed by atoms with Gasteiger partial charge in [-0.1, -0.05) is 142 Å². The first-order valence-corrected chi connectivity index (χ1v) is 13.9. The van der Waals surface area contributed by atoms with Crippen molar-refractivity contribution in [1.82, 2.24) is 0 Å². The minimum atomic E-state index is -0.331. The molecule has 4 heteroatoms. The zero-order chi connectivity index (χ0) is 22.8. The van der Waals surface area contributed by atoms with Gasteiger partial charge in [0.15, 0.2) is 0 Å². The Morgan fingerprint density at radius 3 is 0.906 bits per heavy atom. The summed E-state index contributed by atoms with van der Waals surface area (Å²) < 4.78 is 4.95. The van der Waals surface area contributed by atoms with E-state index in [1.807, 2.05) is 0 Å². The molecule has 0 aliphatic rings. The minimum absolute atomic E-state index is 0. The summed E-state index contributed by atoms with van der Waals surface area (Å²) >= 11 is 0. The number of hydrogen-bond donors (Lipinski definition) is 0. The number of unbranched alkanes of at least 4 members (excludes halogenated alkanes) is 20. The van der Waals surface area contributed by atoms with E-state index in [1.165, 1.54) is 116 Å². The van der Waals surface area contributed by atoms with Gasteiger partial charge in [0.2, 0.25) is 0 Å². The number of hydrogen-bond acceptors (Lipinski definition) is 3.